The molecule has 0 radical (unpaired) electrons. The molecule has 5 nitrogen and oxygen atoms in total. The van der Waals surface area contributed by atoms with Gasteiger partial charge in [-0.3, -0.25) is 0 Å². The van der Waals surface area contributed by atoms with Crippen LogP contribution in [0.1, 0.15) is 49.8 Å². The second kappa shape index (κ2) is 7.51. The summed E-state index contributed by atoms with van der Waals surface area (Å²) in [4.78, 5) is 0.223. The zero-order valence-corrected chi connectivity index (χ0v) is 17.7. The van der Waals surface area contributed by atoms with Crippen LogP contribution in [-0.2, 0) is 10.0 Å². The highest BCUT2D eigenvalue weighted by molar-refractivity contribution is 7.89. The average molecular weight is 416 g/mol. The molecule has 2 N–H and O–H groups in total. The Morgan fingerprint density at radius 1 is 1.00 bits per heavy atom. The molecular formula is C23H29NO4S. The van der Waals surface area contributed by atoms with E-state index >= 15 is 0 Å². The highest BCUT2D eigenvalue weighted by Crippen LogP contribution is 2.52. The van der Waals surface area contributed by atoms with Crippen LogP contribution in [0.25, 0.3) is 0 Å². The Labute approximate surface area is 173 Å². The minimum Gasteiger partial charge on any atom is -0.390 e. The third-order valence-corrected chi connectivity index (χ3v) is 8.75. The van der Waals surface area contributed by atoms with Gasteiger partial charge in [-0.1, -0.05) is 67.8 Å². The first-order valence-corrected chi connectivity index (χ1v) is 11.7. The van der Waals surface area contributed by atoms with Gasteiger partial charge in [-0.25, -0.2) is 8.42 Å². The summed E-state index contributed by atoms with van der Waals surface area (Å²) in [5, 5.41) is 22.2. The van der Waals surface area contributed by atoms with Crippen molar-refractivity contribution in [2.75, 3.05) is 0 Å². The Balaban J connectivity index is 1.90. The molecule has 0 unspecified atom stereocenters. The number of aliphatic hydroxyl groups is 2. The number of hydrogen-bond donors (Lipinski definition) is 2. The van der Waals surface area contributed by atoms with Crippen molar-refractivity contribution in [3.63, 3.8) is 0 Å². The van der Waals surface area contributed by atoms with Gasteiger partial charge in [-0.15, -0.1) is 0 Å². The van der Waals surface area contributed by atoms with Crippen molar-refractivity contribution in [1.29, 1.82) is 0 Å². The molecule has 1 saturated heterocycles. The van der Waals surface area contributed by atoms with Gasteiger partial charge < -0.3 is 10.2 Å². The SMILES string of the molecule is Cc1ccc(S(=O)(=O)N2[C@@H](c3ccccc3)[C@H](O)[C@@H](O)[C@]3(C)CCCC[C@@H]23)cc1. The maximum Gasteiger partial charge on any atom is 0.243 e. The Bertz CT molecular complexity index is 960. The van der Waals surface area contributed by atoms with E-state index in [1.807, 2.05) is 44.2 Å². The molecule has 2 aliphatic rings. The molecule has 1 aliphatic heterocycles. The highest BCUT2D eigenvalue weighted by Gasteiger charge is 2.59. The second-order valence-electron chi connectivity index (χ2n) is 8.71. The molecule has 2 aromatic carbocycles. The van der Waals surface area contributed by atoms with Gasteiger partial charge in [0.2, 0.25) is 10.0 Å². The van der Waals surface area contributed by atoms with E-state index in [1.165, 1.54) is 4.31 Å². The van der Waals surface area contributed by atoms with Crippen molar-refractivity contribution in [2.45, 2.75) is 68.7 Å². The summed E-state index contributed by atoms with van der Waals surface area (Å²) in [6, 6.07) is 14.8. The van der Waals surface area contributed by atoms with E-state index in [9.17, 15) is 18.6 Å². The Morgan fingerprint density at radius 3 is 2.31 bits per heavy atom. The summed E-state index contributed by atoms with van der Waals surface area (Å²) in [5.41, 5.74) is 1.00. The third kappa shape index (κ3) is 3.32. The summed E-state index contributed by atoms with van der Waals surface area (Å²) >= 11 is 0. The Hall–Kier alpha value is -1.73. The number of aryl methyl sites for hydroxylation is 1. The van der Waals surface area contributed by atoms with E-state index in [0.29, 0.717) is 18.4 Å². The van der Waals surface area contributed by atoms with Crippen LogP contribution in [0, 0.1) is 12.3 Å². The van der Waals surface area contributed by atoms with Crippen molar-refractivity contribution in [3.05, 3.63) is 65.7 Å². The molecule has 29 heavy (non-hydrogen) atoms. The van der Waals surface area contributed by atoms with Gasteiger partial charge in [0, 0.05) is 11.5 Å². The Morgan fingerprint density at radius 2 is 1.66 bits per heavy atom. The lowest BCUT2D eigenvalue weighted by atomic mass is 9.63. The van der Waals surface area contributed by atoms with E-state index in [-0.39, 0.29) is 10.9 Å². The van der Waals surface area contributed by atoms with Crippen molar-refractivity contribution in [2.24, 2.45) is 5.41 Å². The Kier molecular flexibility index (Phi) is 5.32. The van der Waals surface area contributed by atoms with Gasteiger partial charge in [0.25, 0.3) is 0 Å². The summed E-state index contributed by atoms with van der Waals surface area (Å²) in [5.74, 6) is 0. The number of sulfonamides is 1. The molecular weight excluding hydrogens is 386 g/mol. The molecule has 0 amide bonds. The number of aliphatic hydroxyl groups excluding tert-OH is 2. The maximum atomic E-state index is 13.9. The standard InChI is InChI=1S/C23H29NO4S/c1-16-11-13-18(14-12-16)29(27,28)24-19-10-6-7-15-23(19,2)22(26)21(25)20(24)17-8-4-3-5-9-17/h3-5,8-9,11-14,19-22,25-26H,6-7,10,15H2,1-2H3/t19-,20+,21+,22-,23-/m1/s1. The van der Waals surface area contributed by atoms with Gasteiger partial charge >= 0.3 is 0 Å². The lowest BCUT2D eigenvalue weighted by Crippen LogP contribution is -2.66. The predicted molar refractivity (Wildman–Crippen MR) is 112 cm³/mol. The quantitative estimate of drug-likeness (QED) is 0.805. The van der Waals surface area contributed by atoms with Gasteiger partial charge in [-0.05, 0) is 37.5 Å². The minimum absolute atomic E-state index is 0.223. The first kappa shape index (κ1) is 20.5. The fourth-order valence-corrected chi connectivity index (χ4v) is 7.10. The monoisotopic (exact) mass is 415 g/mol. The van der Waals surface area contributed by atoms with Crippen LogP contribution in [-0.4, -0.2) is 41.2 Å². The highest BCUT2D eigenvalue weighted by atomic mass is 32.2. The van der Waals surface area contributed by atoms with Crippen molar-refractivity contribution < 1.29 is 18.6 Å². The number of benzene rings is 2. The van der Waals surface area contributed by atoms with E-state index in [0.717, 1.165) is 18.4 Å². The summed E-state index contributed by atoms with van der Waals surface area (Å²) in [7, 11) is -3.88. The van der Waals surface area contributed by atoms with Crippen LogP contribution < -0.4 is 0 Å². The summed E-state index contributed by atoms with van der Waals surface area (Å²) in [6.45, 7) is 3.84. The summed E-state index contributed by atoms with van der Waals surface area (Å²) in [6.07, 6.45) is 1.02. The number of fused-ring (bicyclic) bond motifs is 1. The molecule has 0 spiro atoms. The third-order valence-electron chi connectivity index (χ3n) is 6.85. The topological polar surface area (TPSA) is 77.8 Å². The lowest BCUT2D eigenvalue weighted by Gasteiger charge is -2.57. The van der Waals surface area contributed by atoms with Crippen molar-refractivity contribution >= 4 is 10.0 Å². The van der Waals surface area contributed by atoms with Crippen LogP contribution in [0.15, 0.2) is 59.5 Å². The molecule has 6 heteroatoms. The van der Waals surface area contributed by atoms with E-state index in [2.05, 4.69) is 0 Å². The smallest absolute Gasteiger partial charge is 0.243 e. The summed E-state index contributed by atoms with van der Waals surface area (Å²) < 4.78 is 29.2. The number of piperidine rings is 1. The normalized spacial score (nSPS) is 33.2. The van der Waals surface area contributed by atoms with Crippen LogP contribution >= 0.6 is 0 Å². The van der Waals surface area contributed by atoms with Gasteiger partial charge in [0.15, 0.2) is 0 Å². The molecule has 0 bridgehead atoms. The molecule has 1 saturated carbocycles. The van der Waals surface area contributed by atoms with Crippen LogP contribution in [0.5, 0.6) is 0 Å². The lowest BCUT2D eigenvalue weighted by molar-refractivity contribution is -0.163. The number of hydrogen-bond acceptors (Lipinski definition) is 4. The predicted octanol–water partition coefficient (Wildman–Crippen LogP) is 3.41. The average Bonchev–Trinajstić information content (AvgIpc) is 2.72. The maximum absolute atomic E-state index is 13.9. The van der Waals surface area contributed by atoms with E-state index in [1.54, 1.807) is 24.3 Å². The van der Waals surface area contributed by atoms with E-state index < -0.39 is 33.7 Å². The van der Waals surface area contributed by atoms with Crippen molar-refractivity contribution in [1.82, 2.24) is 4.31 Å². The van der Waals surface area contributed by atoms with Gasteiger partial charge in [0.05, 0.1) is 17.0 Å². The fourth-order valence-electron chi connectivity index (χ4n) is 5.15. The van der Waals surface area contributed by atoms with E-state index in [4.69, 9.17) is 0 Å². The van der Waals surface area contributed by atoms with Crippen LogP contribution in [0.2, 0.25) is 0 Å². The largest absolute Gasteiger partial charge is 0.390 e. The van der Waals surface area contributed by atoms with Gasteiger partial charge in [0.1, 0.15) is 6.10 Å². The minimum atomic E-state index is -3.88. The van der Waals surface area contributed by atoms with Crippen LogP contribution in [0.4, 0.5) is 0 Å². The molecule has 156 valence electrons. The number of nitrogens with zero attached hydrogens (tertiary/aromatic N) is 1. The first-order chi connectivity index (χ1) is 13.8. The zero-order chi connectivity index (χ0) is 20.8. The van der Waals surface area contributed by atoms with Crippen LogP contribution in [0.3, 0.4) is 0 Å². The fraction of sp³-hybridized carbons (Fsp3) is 0.478. The second-order valence-corrected chi connectivity index (χ2v) is 10.5. The molecule has 1 aliphatic carbocycles. The molecule has 1 heterocycles. The molecule has 2 fully saturated rings. The van der Waals surface area contributed by atoms with Crippen molar-refractivity contribution in [3.8, 4) is 0 Å². The van der Waals surface area contributed by atoms with Gasteiger partial charge in [-0.2, -0.15) is 4.31 Å². The molecule has 5 atom stereocenters. The number of rotatable bonds is 3. The molecule has 0 aromatic heterocycles. The molecule has 2 aromatic rings. The first-order valence-electron chi connectivity index (χ1n) is 10.3. The zero-order valence-electron chi connectivity index (χ0n) is 16.9. The molecule has 4 rings (SSSR count).